The first-order valence-electron chi connectivity index (χ1n) is 8.59. The van der Waals surface area contributed by atoms with Crippen LogP contribution in [0.25, 0.3) is 0 Å². The van der Waals surface area contributed by atoms with Gasteiger partial charge in [-0.15, -0.1) is 0 Å². The Balaban J connectivity index is 1.62. The minimum absolute atomic E-state index is 0.225. The molecule has 1 saturated heterocycles. The molecule has 2 heterocycles. The van der Waals surface area contributed by atoms with Crippen LogP contribution < -0.4 is 9.64 Å². The number of carbonyl (C=O) groups is 4. The molecule has 0 radical (unpaired) electrons. The van der Waals surface area contributed by atoms with Crippen LogP contribution in [0, 0.1) is 0 Å². The molecule has 7 nitrogen and oxygen atoms in total. The second-order valence-corrected chi connectivity index (χ2v) is 6.24. The summed E-state index contributed by atoms with van der Waals surface area (Å²) in [5.41, 5.74) is 0.886. The summed E-state index contributed by atoms with van der Waals surface area (Å²) in [6.45, 7) is 2.36. The van der Waals surface area contributed by atoms with Crippen molar-refractivity contribution >= 4 is 29.3 Å². The van der Waals surface area contributed by atoms with Crippen molar-refractivity contribution in [2.75, 3.05) is 11.5 Å². The number of hydrogen-bond donors (Lipinski definition) is 0. The number of benzene rings is 2. The van der Waals surface area contributed by atoms with Gasteiger partial charge in [0.1, 0.15) is 11.8 Å². The van der Waals surface area contributed by atoms with Crippen LogP contribution in [0.4, 0.5) is 5.69 Å². The minimum Gasteiger partial charge on any atom is -0.494 e. The smallest absolute Gasteiger partial charge is 0.262 e. The minimum atomic E-state index is -1.13. The summed E-state index contributed by atoms with van der Waals surface area (Å²) >= 11 is 0. The van der Waals surface area contributed by atoms with Crippen LogP contribution in [0.1, 0.15) is 34.1 Å². The number of fused-ring (bicyclic) bond motifs is 1. The molecule has 2 aliphatic rings. The third-order valence-electron chi connectivity index (χ3n) is 4.67. The van der Waals surface area contributed by atoms with E-state index in [4.69, 9.17) is 4.74 Å². The maximum absolute atomic E-state index is 12.9. The SMILES string of the molecule is CCOc1ccc(N2C(=O)CC(N3C(=O)c4ccccc4C3=O)C2=O)cc1. The van der Waals surface area contributed by atoms with Gasteiger partial charge in [-0.05, 0) is 43.3 Å². The van der Waals surface area contributed by atoms with E-state index >= 15 is 0 Å². The summed E-state index contributed by atoms with van der Waals surface area (Å²) in [4.78, 5) is 52.5. The Bertz CT molecular complexity index is 932. The van der Waals surface area contributed by atoms with Gasteiger partial charge in [-0.25, -0.2) is 4.90 Å². The summed E-state index contributed by atoms with van der Waals surface area (Å²) in [5.74, 6) is -1.51. The summed E-state index contributed by atoms with van der Waals surface area (Å²) in [5, 5.41) is 0. The van der Waals surface area contributed by atoms with E-state index in [9.17, 15) is 19.2 Å². The normalized spacial score (nSPS) is 19.1. The number of carbonyl (C=O) groups excluding carboxylic acids is 4. The molecule has 4 rings (SSSR count). The Hall–Kier alpha value is -3.48. The lowest BCUT2D eigenvalue weighted by Gasteiger charge is -2.21. The molecule has 0 N–H and O–H groups in total. The van der Waals surface area contributed by atoms with Crippen molar-refractivity contribution in [2.24, 2.45) is 0 Å². The summed E-state index contributed by atoms with van der Waals surface area (Å²) < 4.78 is 5.36. The molecule has 1 fully saturated rings. The van der Waals surface area contributed by atoms with Crippen LogP contribution in [0.3, 0.4) is 0 Å². The second-order valence-electron chi connectivity index (χ2n) is 6.24. The Labute approximate surface area is 155 Å². The molecule has 27 heavy (non-hydrogen) atoms. The molecule has 136 valence electrons. The van der Waals surface area contributed by atoms with Gasteiger partial charge in [-0.3, -0.25) is 24.1 Å². The molecule has 2 aromatic carbocycles. The van der Waals surface area contributed by atoms with E-state index in [2.05, 4.69) is 0 Å². The van der Waals surface area contributed by atoms with Crippen LogP contribution in [0.15, 0.2) is 48.5 Å². The monoisotopic (exact) mass is 364 g/mol. The predicted octanol–water partition coefficient (Wildman–Crippen LogP) is 2.01. The number of imide groups is 2. The zero-order valence-electron chi connectivity index (χ0n) is 14.5. The lowest BCUT2D eigenvalue weighted by atomic mass is 10.1. The van der Waals surface area contributed by atoms with E-state index in [1.807, 2.05) is 6.92 Å². The highest BCUT2D eigenvalue weighted by molar-refractivity contribution is 6.28. The predicted molar refractivity (Wildman–Crippen MR) is 95.5 cm³/mol. The zero-order valence-corrected chi connectivity index (χ0v) is 14.5. The molecule has 4 amide bonds. The summed E-state index contributed by atoms with van der Waals surface area (Å²) in [6.07, 6.45) is -0.225. The van der Waals surface area contributed by atoms with E-state index in [-0.39, 0.29) is 17.5 Å². The van der Waals surface area contributed by atoms with Gasteiger partial charge in [0.2, 0.25) is 5.91 Å². The van der Waals surface area contributed by atoms with Crippen molar-refractivity contribution < 1.29 is 23.9 Å². The molecule has 1 unspecified atom stereocenters. The highest BCUT2D eigenvalue weighted by atomic mass is 16.5. The molecule has 0 aromatic heterocycles. The van der Waals surface area contributed by atoms with Crippen molar-refractivity contribution in [1.29, 1.82) is 0 Å². The van der Waals surface area contributed by atoms with E-state index < -0.39 is 29.7 Å². The molecule has 0 saturated carbocycles. The topological polar surface area (TPSA) is 84.0 Å². The standard InChI is InChI=1S/C20H16N2O5/c1-2-27-13-9-7-12(8-10-13)21-17(23)11-16(20(21)26)22-18(24)14-5-3-4-6-15(14)19(22)25/h3-10,16H,2,11H2,1H3. The number of hydrogen-bond acceptors (Lipinski definition) is 5. The average molecular weight is 364 g/mol. The van der Waals surface area contributed by atoms with Gasteiger partial charge in [-0.1, -0.05) is 12.1 Å². The maximum atomic E-state index is 12.9. The number of anilines is 1. The van der Waals surface area contributed by atoms with Crippen LogP contribution >= 0.6 is 0 Å². The molecule has 0 spiro atoms. The van der Waals surface area contributed by atoms with Crippen molar-refractivity contribution in [3.63, 3.8) is 0 Å². The first kappa shape index (κ1) is 17.0. The highest BCUT2D eigenvalue weighted by Gasteiger charge is 2.50. The van der Waals surface area contributed by atoms with Crippen molar-refractivity contribution in [3.8, 4) is 5.75 Å². The van der Waals surface area contributed by atoms with Crippen LogP contribution in [-0.4, -0.2) is 41.2 Å². The molecule has 7 heteroatoms. The molecular formula is C20H16N2O5. The Morgan fingerprint density at radius 3 is 2.07 bits per heavy atom. The number of rotatable bonds is 4. The highest BCUT2D eigenvalue weighted by Crippen LogP contribution is 2.32. The van der Waals surface area contributed by atoms with Crippen LogP contribution in [-0.2, 0) is 9.59 Å². The third-order valence-corrected chi connectivity index (χ3v) is 4.67. The first-order valence-corrected chi connectivity index (χ1v) is 8.59. The molecule has 0 aliphatic carbocycles. The number of nitrogens with zero attached hydrogens (tertiary/aromatic N) is 2. The third kappa shape index (κ3) is 2.59. The molecule has 2 aliphatic heterocycles. The average Bonchev–Trinajstić information content (AvgIpc) is 3.10. The zero-order chi connectivity index (χ0) is 19.1. The first-order chi connectivity index (χ1) is 13.0. The van der Waals surface area contributed by atoms with Crippen molar-refractivity contribution in [3.05, 3.63) is 59.7 Å². The molecule has 2 aromatic rings. The van der Waals surface area contributed by atoms with E-state index in [1.54, 1.807) is 48.5 Å². The quantitative estimate of drug-likeness (QED) is 0.775. The fourth-order valence-electron chi connectivity index (χ4n) is 3.44. The molecule has 0 bridgehead atoms. The van der Waals surface area contributed by atoms with E-state index in [1.165, 1.54) is 0 Å². The molecular weight excluding hydrogens is 348 g/mol. The number of amides is 4. The molecule has 1 atom stereocenters. The van der Waals surface area contributed by atoms with E-state index in [0.29, 0.717) is 18.0 Å². The Kier molecular flexibility index (Phi) is 3.99. The summed E-state index contributed by atoms with van der Waals surface area (Å²) in [7, 11) is 0. The Morgan fingerprint density at radius 2 is 1.52 bits per heavy atom. The van der Waals surface area contributed by atoms with Gasteiger partial charge < -0.3 is 4.74 Å². The second kappa shape index (κ2) is 6.35. The fraction of sp³-hybridized carbons (Fsp3) is 0.200. The summed E-state index contributed by atoms with van der Waals surface area (Å²) in [6, 6.07) is 11.8. The van der Waals surface area contributed by atoms with Gasteiger partial charge in [0, 0.05) is 0 Å². The lowest BCUT2D eigenvalue weighted by molar-refractivity contribution is -0.122. The van der Waals surface area contributed by atoms with Gasteiger partial charge >= 0.3 is 0 Å². The van der Waals surface area contributed by atoms with Gasteiger partial charge in [0.15, 0.2) is 0 Å². The van der Waals surface area contributed by atoms with Gasteiger partial charge in [0.25, 0.3) is 17.7 Å². The fourth-order valence-corrected chi connectivity index (χ4v) is 3.44. The van der Waals surface area contributed by atoms with Crippen LogP contribution in [0.2, 0.25) is 0 Å². The maximum Gasteiger partial charge on any atom is 0.262 e. The lowest BCUT2D eigenvalue weighted by Crippen LogP contribution is -2.45. The van der Waals surface area contributed by atoms with Crippen molar-refractivity contribution in [2.45, 2.75) is 19.4 Å². The van der Waals surface area contributed by atoms with Crippen molar-refractivity contribution in [1.82, 2.24) is 4.90 Å². The van der Waals surface area contributed by atoms with Gasteiger partial charge in [0.05, 0.1) is 29.8 Å². The van der Waals surface area contributed by atoms with Gasteiger partial charge in [-0.2, -0.15) is 0 Å². The van der Waals surface area contributed by atoms with E-state index in [0.717, 1.165) is 9.80 Å². The number of ether oxygens (including phenoxy) is 1. The Morgan fingerprint density at radius 1 is 0.926 bits per heavy atom. The van der Waals surface area contributed by atoms with Crippen LogP contribution in [0.5, 0.6) is 5.75 Å². The largest absolute Gasteiger partial charge is 0.494 e.